The predicted molar refractivity (Wildman–Crippen MR) is 142 cm³/mol. The number of phenols is 1. The van der Waals surface area contributed by atoms with Crippen LogP contribution in [0.1, 0.15) is 43.7 Å². The monoisotopic (exact) mass is 524 g/mol. The van der Waals surface area contributed by atoms with Crippen molar-refractivity contribution in [2.45, 2.75) is 63.7 Å². The average molecular weight is 525 g/mol. The Balaban J connectivity index is 1.58. The van der Waals surface area contributed by atoms with Gasteiger partial charge in [0, 0.05) is 26.1 Å². The SMILES string of the molecule is CCCCCCN1C[C@@H]2C(C(=O)NCc3ccc(F)cc3)N(C)CC(=O)N2[C@@H](Cc2ccc(O)cc2)C1=O. The zero-order valence-electron chi connectivity index (χ0n) is 22.1. The predicted octanol–water partition coefficient (Wildman–Crippen LogP) is 2.69. The number of carbonyl (C=O) groups excluding carboxylic acids is 3. The summed E-state index contributed by atoms with van der Waals surface area (Å²) in [5.41, 5.74) is 1.60. The van der Waals surface area contributed by atoms with Gasteiger partial charge in [0.1, 0.15) is 23.7 Å². The van der Waals surface area contributed by atoms with Gasteiger partial charge >= 0.3 is 0 Å². The van der Waals surface area contributed by atoms with Gasteiger partial charge in [-0.25, -0.2) is 4.39 Å². The molecule has 0 bridgehead atoms. The number of likely N-dealkylation sites (N-methyl/N-ethyl adjacent to an activating group) is 1. The van der Waals surface area contributed by atoms with Crippen molar-refractivity contribution in [2.24, 2.45) is 0 Å². The Labute approximate surface area is 223 Å². The number of piperazine rings is 2. The third-order valence-corrected chi connectivity index (χ3v) is 7.50. The maximum atomic E-state index is 13.7. The summed E-state index contributed by atoms with van der Waals surface area (Å²) in [4.78, 5) is 45.7. The second-order valence-corrected chi connectivity index (χ2v) is 10.3. The first-order chi connectivity index (χ1) is 18.3. The molecule has 0 saturated carbocycles. The molecule has 0 aromatic heterocycles. The van der Waals surface area contributed by atoms with Gasteiger partial charge in [-0.3, -0.25) is 19.3 Å². The molecule has 0 spiro atoms. The van der Waals surface area contributed by atoms with Crippen LogP contribution in [0.5, 0.6) is 5.75 Å². The van der Waals surface area contributed by atoms with Gasteiger partial charge in [-0.15, -0.1) is 0 Å². The molecule has 8 nitrogen and oxygen atoms in total. The third-order valence-electron chi connectivity index (χ3n) is 7.50. The largest absolute Gasteiger partial charge is 0.508 e. The summed E-state index contributed by atoms with van der Waals surface area (Å²) in [5.74, 6) is -0.723. The average Bonchev–Trinajstić information content (AvgIpc) is 2.89. The molecule has 0 radical (unpaired) electrons. The second kappa shape index (κ2) is 12.4. The molecule has 1 unspecified atom stereocenters. The van der Waals surface area contributed by atoms with Crippen molar-refractivity contribution < 1.29 is 23.9 Å². The third kappa shape index (κ3) is 6.32. The van der Waals surface area contributed by atoms with Crippen molar-refractivity contribution in [1.82, 2.24) is 20.0 Å². The van der Waals surface area contributed by atoms with Crippen LogP contribution < -0.4 is 5.32 Å². The van der Waals surface area contributed by atoms with E-state index in [9.17, 15) is 23.9 Å². The summed E-state index contributed by atoms with van der Waals surface area (Å²) in [6, 6.07) is 10.7. The van der Waals surface area contributed by atoms with Gasteiger partial charge in [-0.1, -0.05) is 50.5 Å². The van der Waals surface area contributed by atoms with E-state index in [4.69, 9.17) is 0 Å². The van der Waals surface area contributed by atoms with Crippen molar-refractivity contribution >= 4 is 17.7 Å². The Morgan fingerprint density at radius 1 is 1.03 bits per heavy atom. The number of hydrogen-bond donors (Lipinski definition) is 2. The molecule has 4 rings (SSSR count). The van der Waals surface area contributed by atoms with E-state index in [0.29, 0.717) is 19.5 Å². The normalized spacial score (nSPS) is 21.9. The standard InChI is InChI=1S/C29H37FN4O4/c1-3-4-5-6-15-33-18-25-27(28(37)31-17-21-7-11-22(30)12-8-21)32(2)19-26(36)34(25)24(29(33)38)16-20-9-13-23(35)14-10-20/h7-14,24-25,27,35H,3-6,15-19H2,1-2H3,(H,31,37)/t24-,25+,27?/m0/s1. The van der Waals surface area contributed by atoms with Crippen molar-refractivity contribution in [3.63, 3.8) is 0 Å². The van der Waals surface area contributed by atoms with E-state index >= 15 is 0 Å². The zero-order chi connectivity index (χ0) is 27.2. The molecule has 3 amide bonds. The van der Waals surface area contributed by atoms with E-state index in [0.717, 1.165) is 36.8 Å². The Kier molecular flexibility index (Phi) is 8.99. The quantitative estimate of drug-likeness (QED) is 0.467. The lowest BCUT2D eigenvalue weighted by atomic mass is 9.90. The molecule has 2 N–H and O–H groups in total. The van der Waals surface area contributed by atoms with Crippen LogP contribution in [0.25, 0.3) is 0 Å². The van der Waals surface area contributed by atoms with Crippen LogP contribution in [-0.2, 0) is 27.3 Å². The Morgan fingerprint density at radius 2 is 1.71 bits per heavy atom. The number of unbranched alkanes of at least 4 members (excludes halogenated alkanes) is 3. The molecule has 2 aromatic rings. The van der Waals surface area contributed by atoms with Gasteiger partial charge in [0.2, 0.25) is 17.7 Å². The molecule has 2 heterocycles. The number of hydrogen-bond acceptors (Lipinski definition) is 5. The molecule has 0 aliphatic carbocycles. The molecule has 2 saturated heterocycles. The van der Waals surface area contributed by atoms with Crippen LogP contribution in [0.15, 0.2) is 48.5 Å². The fourth-order valence-corrected chi connectivity index (χ4v) is 5.51. The van der Waals surface area contributed by atoms with Crippen molar-refractivity contribution in [3.05, 3.63) is 65.5 Å². The van der Waals surface area contributed by atoms with Crippen molar-refractivity contribution in [2.75, 3.05) is 26.7 Å². The highest BCUT2D eigenvalue weighted by molar-refractivity contribution is 5.93. The van der Waals surface area contributed by atoms with E-state index in [1.807, 2.05) is 4.90 Å². The van der Waals surface area contributed by atoms with Gasteiger partial charge in [-0.05, 0) is 48.9 Å². The Morgan fingerprint density at radius 3 is 2.39 bits per heavy atom. The second-order valence-electron chi connectivity index (χ2n) is 10.3. The first kappa shape index (κ1) is 27.6. The van der Waals surface area contributed by atoms with E-state index in [1.54, 1.807) is 53.2 Å². The van der Waals surface area contributed by atoms with E-state index in [1.165, 1.54) is 12.1 Å². The highest BCUT2D eigenvalue weighted by Crippen LogP contribution is 2.29. The Hall–Kier alpha value is -3.46. The van der Waals surface area contributed by atoms with Crippen LogP contribution in [0, 0.1) is 5.82 Å². The zero-order valence-corrected chi connectivity index (χ0v) is 22.1. The number of aromatic hydroxyl groups is 1. The van der Waals surface area contributed by atoms with Crippen molar-refractivity contribution in [1.29, 1.82) is 0 Å². The maximum Gasteiger partial charge on any atom is 0.245 e. The van der Waals surface area contributed by atoms with Crippen LogP contribution in [0.2, 0.25) is 0 Å². The molecule has 9 heteroatoms. The van der Waals surface area contributed by atoms with E-state index in [-0.39, 0.29) is 42.4 Å². The number of benzene rings is 2. The van der Waals surface area contributed by atoms with Gasteiger partial charge in [0.05, 0.1) is 12.6 Å². The maximum absolute atomic E-state index is 13.7. The molecular formula is C29H37FN4O4. The lowest BCUT2D eigenvalue weighted by Crippen LogP contribution is -2.75. The molecule has 2 aliphatic heterocycles. The number of nitrogens with zero attached hydrogens (tertiary/aromatic N) is 3. The van der Waals surface area contributed by atoms with E-state index in [2.05, 4.69) is 12.2 Å². The summed E-state index contributed by atoms with van der Waals surface area (Å²) in [6.07, 6.45) is 4.36. The fraction of sp³-hybridized carbons (Fsp3) is 0.483. The summed E-state index contributed by atoms with van der Waals surface area (Å²) in [5, 5.41) is 12.6. The molecule has 3 atom stereocenters. The minimum absolute atomic E-state index is 0.0288. The summed E-state index contributed by atoms with van der Waals surface area (Å²) < 4.78 is 13.3. The minimum atomic E-state index is -0.724. The smallest absolute Gasteiger partial charge is 0.245 e. The number of halogens is 1. The number of rotatable bonds is 10. The number of nitrogens with one attached hydrogen (secondary N) is 1. The fourth-order valence-electron chi connectivity index (χ4n) is 5.51. The van der Waals surface area contributed by atoms with Crippen LogP contribution in [-0.4, -0.2) is 82.3 Å². The van der Waals surface area contributed by atoms with Gasteiger partial charge in [0.15, 0.2) is 0 Å². The molecule has 2 aliphatic rings. The van der Waals surface area contributed by atoms with Crippen LogP contribution in [0.3, 0.4) is 0 Å². The minimum Gasteiger partial charge on any atom is -0.508 e. The molecule has 2 aromatic carbocycles. The number of carbonyl (C=O) groups is 3. The lowest BCUT2D eigenvalue weighted by molar-refractivity contribution is -0.167. The molecule has 2 fully saturated rings. The first-order valence-electron chi connectivity index (χ1n) is 13.4. The molecule has 38 heavy (non-hydrogen) atoms. The van der Waals surface area contributed by atoms with Gasteiger partial charge < -0.3 is 20.2 Å². The number of amides is 3. The van der Waals surface area contributed by atoms with E-state index < -0.39 is 18.1 Å². The number of fused-ring (bicyclic) bond motifs is 1. The topological polar surface area (TPSA) is 93.2 Å². The highest BCUT2D eigenvalue weighted by Gasteiger charge is 2.51. The summed E-state index contributed by atoms with van der Waals surface area (Å²) in [6.45, 7) is 3.27. The summed E-state index contributed by atoms with van der Waals surface area (Å²) >= 11 is 0. The van der Waals surface area contributed by atoms with Gasteiger partial charge in [0.25, 0.3) is 0 Å². The highest BCUT2D eigenvalue weighted by atomic mass is 19.1. The summed E-state index contributed by atoms with van der Waals surface area (Å²) in [7, 11) is 1.76. The Bertz CT molecular complexity index is 1120. The van der Waals surface area contributed by atoms with Crippen LogP contribution >= 0.6 is 0 Å². The van der Waals surface area contributed by atoms with Gasteiger partial charge in [-0.2, -0.15) is 0 Å². The number of phenolic OH excluding ortho intramolecular Hbond substituents is 1. The van der Waals surface area contributed by atoms with Crippen molar-refractivity contribution in [3.8, 4) is 5.75 Å². The lowest BCUT2D eigenvalue weighted by Gasteiger charge is -2.53. The molecule has 204 valence electrons. The van der Waals surface area contributed by atoms with Crippen LogP contribution in [0.4, 0.5) is 4.39 Å². The molecular weight excluding hydrogens is 487 g/mol. The first-order valence-corrected chi connectivity index (χ1v) is 13.4.